The van der Waals surface area contributed by atoms with E-state index in [1.165, 1.54) is 0 Å². The first-order chi connectivity index (χ1) is 8.39. The Morgan fingerprint density at radius 1 is 1.28 bits per heavy atom. The first kappa shape index (κ1) is 12.0. The van der Waals surface area contributed by atoms with E-state index in [0.717, 1.165) is 29.3 Å². The van der Waals surface area contributed by atoms with Crippen molar-refractivity contribution in [2.45, 2.75) is 6.18 Å². The van der Waals surface area contributed by atoms with E-state index in [2.05, 4.69) is 15.1 Å². The van der Waals surface area contributed by atoms with Gasteiger partial charge in [-0.3, -0.25) is 0 Å². The quantitative estimate of drug-likeness (QED) is 0.880. The number of carboxylic acids is 1. The van der Waals surface area contributed by atoms with E-state index in [0.29, 0.717) is 0 Å². The van der Waals surface area contributed by atoms with Crippen molar-refractivity contribution in [1.29, 1.82) is 0 Å². The van der Waals surface area contributed by atoms with Crippen LogP contribution in [0.3, 0.4) is 0 Å². The van der Waals surface area contributed by atoms with Crippen LogP contribution in [-0.2, 0) is 6.18 Å². The molecule has 0 amide bonds. The molecule has 0 saturated heterocycles. The van der Waals surface area contributed by atoms with Gasteiger partial charge in [0.05, 0.1) is 0 Å². The number of alkyl halides is 3. The van der Waals surface area contributed by atoms with Crippen LogP contribution in [-0.4, -0.2) is 30.8 Å². The summed E-state index contributed by atoms with van der Waals surface area (Å²) in [5, 5.41) is 12.0. The normalized spacial score (nSPS) is 11.5. The molecule has 0 saturated carbocycles. The average Bonchev–Trinajstić information content (AvgIpc) is 2.77. The van der Waals surface area contributed by atoms with Crippen LogP contribution in [0.25, 0.3) is 5.82 Å². The van der Waals surface area contributed by atoms with Crippen LogP contribution in [0.15, 0.2) is 24.7 Å². The van der Waals surface area contributed by atoms with Crippen molar-refractivity contribution in [2.75, 3.05) is 0 Å². The highest BCUT2D eigenvalue weighted by molar-refractivity contribution is 5.88. The minimum atomic E-state index is -4.60. The summed E-state index contributed by atoms with van der Waals surface area (Å²) in [4.78, 5) is 18.0. The fourth-order valence-corrected chi connectivity index (χ4v) is 1.24. The Kier molecular flexibility index (Phi) is 2.73. The number of aromatic nitrogens is 4. The monoisotopic (exact) mass is 258 g/mol. The molecular weight excluding hydrogens is 253 g/mol. The van der Waals surface area contributed by atoms with Crippen LogP contribution in [0.4, 0.5) is 13.2 Å². The van der Waals surface area contributed by atoms with E-state index in [9.17, 15) is 18.0 Å². The van der Waals surface area contributed by atoms with Gasteiger partial charge in [0.25, 0.3) is 0 Å². The van der Waals surface area contributed by atoms with Gasteiger partial charge in [0.15, 0.2) is 17.2 Å². The molecule has 2 aromatic rings. The number of carboxylic acid groups (broad SMARTS) is 1. The molecule has 0 radical (unpaired) electrons. The number of hydrogen-bond acceptors (Lipinski definition) is 4. The largest absolute Gasteiger partial charge is 0.476 e. The highest BCUT2D eigenvalue weighted by Crippen LogP contribution is 2.27. The second-order valence-corrected chi connectivity index (χ2v) is 3.18. The second-order valence-electron chi connectivity index (χ2n) is 3.18. The van der Waals surface area contributed by atoms with E-state index in [-0.39, 0.29) is 5.82 Å². The van der Waals surface area contributed by atoms with Crippen molar-refractivity contribution in [2.24, 2.45) is 0 Å². The highest BCUT2D eigenvalue weighted by atomic mass is 19.4. The summed E-state index contributed by atoms with van der Waals surface area (Å²) in [7, 11) is 0. The summed E-state index contributed by atoms with van der Waals surface area (Å²) in [6.45, 7) is 0. The van der Waals surface area contributed by atoms with Crippen molar-refractivity contribution >= 4 is 5.97 Å². The van der Waals surface area contributed by atoms with Crippen molar-refractivity contribution in [3.05, 3.63) is 36.0 Å². The van der Waals surface area contributed by atoms with Crippen LogP contribution >= 0.6 is 0 Å². The molecule has 0 bridgehead atoms. The third-order valence-corrected chi connectivity index (χ3v) is 1.98. The predicted molar refractivity (Wildman–Crippen MR) is 51.1 cm³/mol. The number of nitrogens with zero attached hydrogens (tertiary/aromatic N) is 4. The lowest BCUT2D eigenvalue weighted by Crippen LogP contribution is -2.12. The zero-order chi connectivity index (χ0) is 13.3. The maximum absolute atomic E-state index is 12.3. The number of hydrogen-bond donors (Lipinski definition) is 1. The van der Waals surface area contributed by atoms with Gasteiger partial charge in [-0.2, -0.15) is 18.3 Å². The van der Waals surface area contributed by atoms with Gasteiger partial charge < -0.3 is 5.11 Å². The Balaban J connectivity index is 2.50. The zero-order valence-corrected chi connectivity index (χ0v) is 8.59. The Labute approximate surface area is 97.7 Å². The van der Waals surface area contributed by atoms with Crippen molar-refractivity contribution in [3.63, 3.8) is 0 Å². The van der Waals surface area contributed by atoms with Crippen LogP contribution in [0, 0.1) is 0 Å². The van der Waals surface area contributed by atoms with Gasteiger partial charge in [0.2, 0.25) is 0 Å². The van der Waals surface area contributed by atoms with E-state index < -0.39 is 23.5 Å². The predicted octanol–water partition coefficient (Wildman–Crippen LogP) is 1.38. The third kappa shape index (κ3) is 2.14. The van der Waals surface area contributed by atoms with Crippen molar-refractivity contribution in [3.8, 4) is 5.82 Å². The molecule has 0 aliphatic rings. The van der Waals surface area contributed by atoms with Gasteiger partial charge in [-0.1, -0.05) is 0 Å². The lowest BCUT2D eigenvalue weighted by atomic mass is 10.4. The molecule has 0 fully saturated rings. The lowest BCUT2D eigenvalue weighted by molar-refractivity contribution is -0.141. The fraction of sp³-hybridized carbons (Fsp3) is 0.111. The van der Waals surface area contributed by atoms with Gasteiger partial charge in [0, 0.05) is 18.6 Å². The molecule has 2 rings (SSSR count). The van der Waals surface area contributed by atoms with E-state index >= 15 is 0 Å². The minimum absolute atomic E-state index is 0.277. The van der Waals surface area contributed by atoms with Crippen LogP contribution in [0.2, 0.25) is 0 Å². The maximum Gasteiger partial charge on any atom is 0.435 e. The molecule has 18 heavy (non-hydrogen) atoms. The number of rotatable bonds is 2. The van der Waals surface area contributed by atoms with Crippen molar-refractivity contribution < 1.29 is 23.1 Å². The SMILES string of the molecule is O=C(O)c1nccnc1-n1ccc(C(F)(F)F)n1. The van der Waals surface area contributed by atoms with E-state index in [1.54, 1.807) is 0 Å². The summed E-state index contributed by atoms with van der Waals surface area (Å²) in [6.07, 6.45) is -1.34. The molecule has 0 atom stereocenters. The van der Waals surface area contributed by atoms with Gasteiger partial charge >= 0.3 is 12.1 Å². The molecule has 2 heterocycles. The van der Waals surface area contributed by atoms with E-state index in [1.807, 2.05) is 0 Å². The van der Waals surface area contributed by atoms with Gasteiger partial charge in [0.1, 0.15) is 0 Å². The Hall–Kier alpha value is -2.45. The Morgan fingerprint density at radius 3 is 2.50 bits per heavy atom. The highest BCUT2D eigenvalue weighted by Gasteiger charge is 2.34. The summed E-state index contributed by atoms with van der Waals surface area (Å²) in [5.41, 5.74) is -1.61. The number of aromatic carboxylic acids is 1. The maximum atomic E-state index is 12.3. The number of carbonyl (C=O) groups is 1. The second kappa shape index (κ2) is 4.09. The summed E-state index contributed by atoms with van der Waals surface area (Å²) in [6, 6.07) is 0.723. The van der Waals surface area contributed by atoms with Gasteiger partial charge in [-0.15, -0.1) is 0 Å². The molecule has 0 aliphatic heterocycles. The van der Waals surface area contributed by atoms with Gasteiger partial charge in [-0.25, -0.2) is 19.4 Å². The van der Waals surface area contributed by atoms with Crippen LogP contribution in [0.5, 0.6) is 0 Å². The first-order valence-corrected chi connectivity index (χ1v) is 4.57. The molecule has 1 N–H and O–H groups in total. The third-order valence-electron chi connectivity index (χ3n) is 1.98. The number of halogens is 3. The van der Waals surface area contributed by atoms with Crippen LogP contribution in [0.1, 0.15) is 16.2 Å². The topological polar surface area (TPSA) is 80.9 Å². The molecule has 0 unspecified atom stereocenters. The first-order valence-electron chi connectivity index (χ1n) is 4.57. The smallest absolute Gasteiger partial charge is 0.435 e. The van der Waals surface area contributed by atoms with E-state index in [4.69, 9.17) is 5.11 Å². The van der Waals surface area contributed by atoms with Crippen LogP contribution < -0.4 is 0 Å². The summed E-state index contributed by atoms with van der Waals surface area (Å²) < 4.78 is 37.8. The molecule has 94 valence electrons. The minimum Gasteiger partial charge on any atom is -0.476 e. The summed E-state index contributed by atoms with van der Waals surface area (Å²) in [5.74, 6) is -1.68. The average molecular weight is 258 g/mol. The standard InChI is InChI=1S/C9H5F3N4O2/c10-9(11,12)5-1-4-16(15-5)7-6(8(17)18)13-2-3-14-7/h1-4H,(H,17,18). The molecule has 0 spiro atoms. The molecule has 0 aromatic carbocycles. The molecule has 0 aliphatic carbocycles. The molecular formula is C9H5F3N4O2. The Morgan fingerprint density at radius 2 is 1.94 bits per heavy atom. The fourth-order valence-electron chi connectivity index (χ4n) is 1.24. The van der Waals surface area contributed by atoms with Gasteiger partial charge in [-0.05, 0) is 6.07 Å². The molecule has 9 heteroatoms. The summed E-state index contributed by atoms with van der Waals surface area (Å²) >= 11 is 0. The molecule has 2 aromatic heterocycles. The molecule has 6 nitrogen and oxygen atoms in total. The van der Waals surface area contributed by atoms with Crippen molar-refractivity contribution in [1.82, 2.24) is 19.7 Å². The zero-order valence-electron chi connectivity index (χ0n) is 8.59. The lowest BCUT2D eigenvalue weighted by Gasteiger charge is -2.04. The Bertz CT molecular complexity index is 593.